The highest BCUT2D eigenvalue weighted by Gasteiger charge is 1.95. The van der Waals surface area contributed by atoms with E-state index in [4.69, 9.17) is 4.74 Å². The van der Waals surface area contributed by atoms with Gasteiger partial charge in [-0.25, -0.2) is 0 Å². The SMILES string of the molecule is [CH2]COCCN=C(C)CC(C)C. The van der Waals surface area contributed by atoms with Gasteiger partial charge in [0, 0.05) is 12.3 Å². The molecule has 0 heterocycles. The third-order valence-corrected chi connectivity index (χ3v) is 1.47. The van der Waals surface area contributed by atoms with E-state index in [1.165, 1.54) is 5.71 Å². The molecule has 0 aromatic heterocycles. The molecule has 71 valence electrons. The molecule has 0 aromatic rings. The highest BCUT2D eigenvalue weighted by molar-refractivity contribution is 5.82. The average Bonchev–Trinajstić information content (AvgIpc) is 1.97. The van der Waals surface area contributed by atoms with Crippen LogP contribution in [0.1, 0.15) is 27.2 Å². The van der Waals surface area contributed by atoms with Gasteiger partial charge >= 0.3 is 0 Å². The van der Waals surface area contributed by atoms with Crippen molar-refractivity contribution >= 4 is 5.71 Å². The summed E-state index contributed by atoms with van der Waals surface area (Å²) in [6.07, 6.45) is 1.09. The minimum atomic E-state index is 0.540. The van der Waals surface area contributed by atoms with E-state index in [-0.39, 0.29) is 0 Å². The topological polar surface area (TPSA) is 21.6 Å². The first-order chi connectivity index (χ1) is 5.66. The average molecular weight is 170 g/mol. The molecule has 0 aliphatic rings. The Bertz CT molecular complexity index is 130. The van der Waals surface area contributed by atoms with Gasteiger partial charge in [-0.05, 0) is 26.2 Å². The molecule has 0 amide bonds. The first kappa shape index (κ1) is 11.6. The molecule has 0 N–H and O–H groups in total. The second-order valence-corrected chi connectivity index (χ2v) is 3.33. The predicted octanol–water partition coefficient (Wildman–Crippen LogP) is 2.34. The minimum absolute atomic E-state index is 0.540. The summed E-state index contributed by atoms with van der Waals surface area (Å²) in [5.41, 5.74) is 1.22. The van der Waals surface area contributed by atoms with Crippen molar-refractivity contribution in [2.45, 2.75) is 27.2 Å². The van der Waals surface area contributed by atoms with Crippen molar-refractivity contribution < 1.29 is 4.74 Å². The number of hydrogen-bond donors (Lipinski definition) is 0. The second-order valence-electron chi connectivity index (χ2n) is 3.33. The number of nitrogens with zero attached hydrogens (tertiary/aromatic N) is 1. The fourth-order valence-corrected chi connectivity index (χ4v) is 1.06. The lowest BCUT2D eigenvalue weighted by molar-refractivity contribution is 0.169. The van der Waals surface area contributed by atoms with Crippen molar-refractivity contribution in [3.05, 3.63) is 6.92 Å². The maximum atomic E-state index is 5.07. The van der Waals surface area contributed by atoms with Crippen molar-refractivity contribution in [1.82, 2.24) is 0 Å². The van der Waals surface area contributed by atoms with E-state index in [2.05, 4.69) is 32.7 Å². The lowest BCUT2D eigenvalue weighted by Crippen LogP contribution is -2.03. The highest BCUT2D eigenvalue weighted by Crippen LogP contribution is 2.00. The quantitative estimate of drug-likeness (QED) is 0.443. The molecule has 2 heteroatoms. The number of aliphatic imine (C=N–C) groups is 1. The monoisotopic (exact) mass is 170 g/mol. The summed E-state index contributed by atoms with van der Waals surface area (Å²) in [5.74, 6) is 0.697. The van der Waals surface area contributed by atoms with Crippen LogP contribution in [0.5, 0.6) is 0 Å². The van der Waals surface area contributed by atoms with Crippen molar-refractivity contribution in [1.29, 1.82) is 0 Å². The van der Waals surface area contributed by atoms with Gasteiger partial charge in [-0.15, -0.1) is 0 Å². The van der Waals surface area contributed by atoms with Crippen LogP contribution >= 0.6 is 0 Å². The Balaban J connectivity index is 3.41. The lowest BCUT2D eigenvalue weighted by atomic mass is 10.1. The summed E-state index contributed by atoms with van der Waals surface area (Å²) in [6, 6.07) is 0. The zero-order chi connectivity index (χ0) is 9.40. The van der Waals surface area contributed by atoms with E-state index in [9.17, 15) is 0 Å². The molecular formula is C10H20NO. The van der Waals surface area contributed by atoms with Gasteiger partial charge in [0.15, 0.2) is 0 Å². The normalized spacial score (nSPS) is 12.6. The van der Waals surface area contributed by atoms with Crippen LogP contribution in [0.25, 0.3) is 0 Å². The van der Waals surface area contributed by atoms with Gasteiger partial charge < -0.3 is 4.74 Å². The van der Waals surface area contributed by atoms with E-state index in [0.717, 1.165) is 13.0 Å². The van der Waals surface area contributed by atoms with Crippen LogP contribution in [0.3, 0.4) is 0 Å². The molecule has 0 aromatic carbocycles. The zero-order valence-corrected chi connectivity index (χ0v) is 8.47. The molecule has 0 saturated carbocycles. The molecular weight excluding hydrogens is 150 g/mol. The molecule has 0 rings (SSSR count). The Morgan fingerprint density at radius 2 is 2.17 bits per heavy atom. The van der Waals surface area contributed by atoms with Crippen molar-refractivity contribution in [3.63, 3.8) is 0 Å². The van der Waals surface area contributed by atoms with E-state index < -0.39 is 0 Å². The van der Waals surface area contributed by atoms with Crippen LogP contribution < -0.4 is 0 Å². The van der Waals surface area contributed by atoms with Gasteiger partial charge in [-0.1, -0.05) is 13.8 Å². The van der Waals surface area contributed by atoms with Crippen molar-refractivity contribution in [2.24, 2.45) is 10.9 Å². The Morgan fingerprint density at radius 3 is 2.67 bits per heavy atom. The van der Waals surface area contributed by atoms with Crippen LogP contribution in [-0.4, -0.2) is 25.5 Å². The molecule has 0 unspecified atom stereocenters. The third kappa shape index (κ3) is 7.73. The Morgan fingerprint density at radius 1 is 1.50 bits per heavy atom. The summed E-state index contributed by atoms with van der Waals surface area (Å²) in [7, 11) is 0. The summed E-state index contributed by atoms with van der Waals surface area (Å²) >= 11 is 0. The van der Waals surface area contributed by atoms with Crippen LogP contribution in [0.2, 0.25) is 0 Å². The van der Waals surface area contributed by atoms with Gasteiger partial charge in [0.05, 0.1) is 13.2 Å². The molecule has 1 radical (unpaired) electrons. The second kappa shape index (κ2) is 7.29. The fourth-order valence-electron chi connectivity index (χ4n) is 1.06. The molecule has 2 nitrogen and oxygen atoms in total. The lowest BCUT2D eigenvalue weighted by Gasteiger charge is -2.03. The molecule has 0 aliphatic carbocycles. The van der Waals surface area contributed by atoms with Crippen LogP contribution in [0.4, 0.5) is 0 Å². The van der Waals surface area contributed by atoms with Gasteiger partial charge in [-0.2, -0.15) is 0 Å². The molecule has 0 aliphatic heterocycles. The molecule has 0 saturated heterocycles. The minimum Gasteiger partial charge on any atom is -0.380 e. The zero-order valence-electron chi connectivity index (χ0n) is 8.47. The Labute approximate surface area is 76.0 Å². The van der Waals surface area contributed by atoms with Crippen LogP contribution in [0, 0.1) is 12.8 Å². The van der Waals surface area contributed by atoms with E-state index >= 15 is 0 Å². The van der Waals surface area contributed by atoms with Gasteiger partial charge in [0.1, 0.15) is 0 Å². The fraction of sp³-hybridized carbons (Fsp3) is 0.800. The van der Waals surface area contributed by atoms with E-state index in [1.807, 2.05) is 0 Å². The van der Waals surface area contributed by atoms with Crippen molar-refractivity contribution in [3.8, 4) is 0 Å². The molecule has 0 fully saturated rings. The molecule has 12 heavy (non-hydrogen) atoms. The number of ether oxygens (including phenoxy) is 1. The van der Waals surface area contributed by atoms with Crippen LogP contribution in [0.15, 0.2) is 4.99 Å². The Kier molecular flexibility index (Phi) is 7.06. The summed E-state index contributed by atoms with van der Waals surface area (Å²) < 4.78 is 5.07. The van der Waals surface area contributed by atoms with E-state index in [1.54, 1.807) is 0 Å². The number of rotatable bonds is 6. The number of hydrogen-bond acceptors (Lipinski definition) is 2. The summed E-state index contributed by atoms with van der Waals surface area (Å²) in [4.78, 5) is 4.37. The molecule has 0 spiro atoms. The van der Waals surface area contributed by atoms with Gasteiger partial charge in [0.2, 0.25) is 0 Å². The van der Waals surface area contributed by atoms with Gasteiger partial charge in [-0.3, -0.25) is 4.99 Å². The summed E-state index contributed by atoms with van der Waals surface area (Å²) in [5, 5.41) is 0. The smallest absolute Gasteiger partial charge is 0.0661 e. The maximum absolute atomic E-state index is 5.07. The maximum Gasteiger partial charge on any atom is 0.0661 e. The predicted molar refractivity (Wildman–Crippen MR) is 53.6 cm³/mol. The summed E-state index contributed by atoms with van der Waals surface area (Å²) in [6.45, 7) is 12.1. The third-order valence-electron chi connectivity index (χ3n) is 1.47. The largest absolute Gasteiger partial charge is 0.380 e. The van der Waals surface area contributed by atoms with E-state index in [0.29, 0.717) is 19.1 Å². The first-order valence-corrected chi connectivity index (χ1v) is 4.53. The van der Waals surface area contributed by atoms with Crippen molar-refractivity contribution in [2.75, 3.05) is 19.8 Å². The standard InChI is InChI=1S/C10H20NO/c1-5-12-7-6-11-10(4)8-9(2)3/h9H,1,5-8H2,2-4H3. The Hall–Kier alpha value is -0.370. The molecule has 0 bridgehead atoms. The molecule has 0 atom stereocenters. The van der Waals surface area contributed by atoms with Crippen LogP contribution in [-0.2, 0) is 4.74 Å². The first-order valence-electron chi connectivity index (χ1n) is 4.53. The highest BCUT2D eigenvalue weighted by atomic mass is 16.5. The van der Waals surface area contributed by atoms with Gasteiger partial charge in [0.25, 0.3) is 0 Å².